The minimum Gasteiger partial charge on any atom is -0.0657 e. The summed E-state index contributed by atoms with van der Waals surface area (Å²) in [5.41, 5.74) is 5.85. The molecule has 3 aliphatic carbocycles. The van der Waals surface area contributed by atoms with E-state index in [0.29, 0.717) is 5.92 Å². The third-order valence-electron chi connectivity index (χ3n) is 5.22. The maximum absolute atomic E-state index is 3.85. The number of hydrogen-bond donors (Lipinski definition) is 0. The highest BCUT2D eigenvalue weighted by atomic mass is 31.1. The zero-order chi connectivity index (χ0) is 13.6. The first-order valence-corrected chi connectivity index (χ1v) is 10.3. The van der Waals surface area contributed by atoms with E-state index in [2.05, 4.69) is 35.9 Å². The average Bonchev–Trinajstić information content (AvgIpc) is 3.03. The summed E-state index contributed by atoms with van der Waals surface area (Å²) in [6, 6.07) is 0. The highest BCUT2D eigenvalue weighted by molar-refractivity contribution is 7.64. The Morgan fingerprint density at radius 2 is 1.20 bits per heavy atom. The summed E-state index contributed by atoms with van der Waals surface area (Å²) in [6.45, 7) is 0. The summed E-state index contributed by atoms with van der Waals surface area (Å²) in [5.74, 6) is 4.02. The molecule has 0 aliphatic heterocycles. The Kier molecular flexibility index (Phi) is 5.38. The number of rotatable bonds is 2. The van der Waals surface area contributed by atoms with Crippen molar-refractivity contribution in [3.8, 4) is 11.6 Å². The van der Waals surface area contributed by atoms with Gasteiger partial charge in [-0.15, -0.1) is 0 Å². The summed E-state index contributed by atoms with van der Waals surface area (Å²) in [5, 5.41) is 0. The predicted octanol–water partition coefficient (Wildman–Crippen LogP) is 5.57. The fourth-order valence-electron chi connectivity index (χ4n) is 4.06. The fourth-order valence-corrected chi connectivity index (χ4v) is 7.53. The van der Waals surface area contributed by atoms with Crippen LogP contribution < -0.4 is 0 Å². The minimum absolute atomic E-state index is 0.419. The molecule has 0 amide bonds. The molecule has 108 valence electrons. The van der Waals surface area contributed by atoms with Crippen LogP contribution in [0.5, 0.6) is 0 Å². The lowest BCUT2D eigenvalue weighted by atomic mass is 9.99. The van der Waals surface area contributed by atoms with Crippen LogP contribution in [0.2, 0.25) is 0 Å². The normalized spacial score (nSPS) is 25.1. The largest absolute Gasteiger partial charge is 0.0848 e. The lowest BCUT2D eigenvalue weighted by molar-refractivity contribution is 0.487. The van der Waals surface area contributed by atoms with Crippen molar-refractivity contribution in [1.29, 1.82) is 0 Å². The van der Waals surface area contributed by atoms with Crippen molar-refractivity contribution in [3.05, 3.63) is 24.3 Å². The van der Waals surface area contributed by atoms with E-state index in [1.165, 1.54) is 64.2 Å². The molecule has 0 bridgehead atoms. The van der Waals surface area contributed by atoms with Gasteiger partial charge < -0.3 is 0 Å². The lowest BCUT2D eigenvalue weighted by Crippen LogP contribution is -2.19. The smallest absolute Gasteiger partial charge is 0.0657 e. The Bertz CT molecular complexity index is 381. The van der Waals surface area contributed by atoms with Crippen molar-refractivity contribution in [2.45, 2.75) is 75.5 Å². The van der Waals surface area contributed by atoms with E-state index >= 15 is 0 Å². The summed E-state index contributed by atoms with van der Waals surface area (Å²) in [7, 11) is -0.462. The predicted molar refractivity (Wildman–Crippen MR) is 91.6 cm³/mol. The van der Waals surface area contributed by atoms with Gasteiger partial charge in [0.05, 0.1) is 30.8 Å². The van der Waals surface area contributed by atoms with Gasteiger partial charge in [0.15, 0.2) is 0 Å². The third-order valence-corrected chi connectivity index (χ3v) is 8.57. The Balaban J connectivity index is 1.70. The molecule has 2 saturated carbocycles. The zero-order valence-electron chi connectivity index (χ0n) is 12.6. The van der Waals surface area contributed by atoms with Crippen LogP contribution in [0.15, 0.2) is 24.3 Å². The highest BCUT2D eigenvalue weighted by Gasteiger charge is 2.36. The Hall–Kier alpha value is -0.530. The molecule has 3 aliphatic rings. The molecule has 0 spiro atoms. The summed E-state index contributed by atoms with van der Waals surface area (Å²) in [6.07, 6.45) is 23.5. The number of hydrogen-bond acceptors (Lipinski definition) is 0. The molecule has 3 rings (SSSR count). The molecule has 1 heteroatoms. The first-order chi connectivity index (χ1) is 9.93. The van der Waals surface area contributed by atoms with Gasteiger partial charge in [0, 0.05) is 0 Å². The van der Waals surface area contributed by atoms with Crippen LogP contribution in [-0.2, 0) is 0 Å². The molecule has 0 atom stereocenters. The van der Waals surface area contributed by atoms with Gasteiger partial charge in [-0.05, 0) is 57.3 Å². The second-order valence-corrected chi connectivity index (χ2v) is 9.48. The van der Waals surface area contributed by atoms with E-state index in [4.69, 9.17) is 0 Å². The van der Waals surface area contributed by atoms with Gasteiger partial charge in [-0.2, -0.15) is 0 Å². The molecule has 20 heavy (non-hydrogen) atoms. The van der Waals surface area contributed by atoms with Crippen LogP contribution in [0.3, 0.4) is 0 Å². The van der Waals surface area contributed by atoms with Crippen LogP contribution in [0, 0.1) is 17.5 Å². The molecular formula is C19H28P+. The van der Waals surface area contributed by atoms with Crippen LogP contribution in [0.1, 0.15) is 64.2 Å². The van der Waals surface area contributed by atoms with Crippen LogP contribution in [0.25, 0.3) is 0 Å². The maximum atomic E-state index is 3.85. The van der Waals surface area contributed by atoms with E-state index in [1.54, 1.807) is 0 Å². The molecular weight excluding hydrogens is 259 g/mol. The van der Waals surface area contributed by atoms with Gasteiger partial charge >= 0.3 is 0 Å². The minimum atomic E-state index is -0.462. The average molecular weight is 287 g/mol. The van der Waals surface area contributed by atoms with Gasteiger partial charge in [-0.3, -0.25) is 0 Å². The summed E-state index contributed by atoms with van der Waals surface area (Å²) < 4.78 is 0. The van der Waals surface area contributed by atoms with Crippen molar-refractivity contribution in [1.82, 2.24) is 0 Å². The van der Waals surface area contributed by atoms with E-state index in [0.717, 1.165) is 11.3 Å². The Labute approximate surface area is 125 Å². The van der Waals surface area contributed by atoms with E-state index < -0.39 is 7.92 Å². The second kappa shape index (κ2) is 7.47. The van der Waals surface area contributed by atoms with Crippen LogP contribution in [0.4, 0.5) is 0 Å². The van der Waals surface area contributed by atoms with Gasteiger partial charge in [0.2, 0.25) is 0 Å². The Morgan fingerprint density at radius 3 is 1.70 bits per heavy atom. The third kappa shape index (κ3) is 3.77. The SMILES string of the molecule is C(#C[PH+](C1CCCCC1)C1CCCCC1)C1C=CC=C1. The molecule has 0 N–H and O–H groups in total. The topological polar surface area (TPSA) is 0 Å². The lowest BCUT2D eigenvalue weighted by Gasteiger charge is -2.28. The van der Waals surface area contributed by atoms with Crippen LogP contribution >= 0.6 is 7.92 Å². The summed E-state index contributed by atoms with van der Waals surface area (Å²) in [4.78, 5) is 0. The van der Waals surface area contributed by atoms with Crippen LogP contribution in [-0.4, -0.2) is 11.3 Å². The second-order valence-electron chi connectivity index (χ2n) is 6.69. The Morgan fingerprint density at radius 1 is 0.700 bits per heavy atom. The molecule has 0 aromatic rings. The standard InChI is InChI=1S/C19H27P/c1-3-11-18(12-4-1)20(19-13-5-2-6-14-19)16-15-17-9-7-8-10-17/h7-10,17-19H,1-6,11-14H2/p+1. The van der Waals surface area contributed by atoms with Crippen molar-refractivity contribution < 1.29 is 0 Å². The summed E-state index contributed by atoms with van der Waals surface area (Å²) >= 11 is 0. The molecule has 0 aromatic heterocycles. The molecule has 0 heterocycles. The van der Waals surface area contributed by atoms with E-state index in [-0.39, 0.29) is 0 Å². The first-order valence-electron chi connectivity index (χ1n) is 8.67. The van der Waals surface area contributed by atoms with Crippen molar-refractivity contribution in [2.24, 2.45) is 5.92 Å². The van der Waals surface area contributed by atoms with Gasteiger partial charge in [0.1, 0.15) is 0 Å². The van der Waals surface area contributed by atoms with Gasteiger partial charge in [0.25, 0.3) is 0 Å². The number of allylic oxidation sites excluding steroid dienone is 4. The first kappa shape index (κ1) is 14.4. The quantitative estimate of drug-likeness (QED) is 0.460. The van der Waals surface area contributed by atoms with Gasteiger partial charge in [-0.1, -0.05) is 37.1 Å². The van der Waals surface area contributed by atoms with Gasteiger partial charge in [-0.25, -0.2) is 0 Å². The van der Waals surface area contributed by atoms with Crippen molar-refractivity contribution >= 4 is 7.92 Å². The monoisotopic (exact) mass is 287 g/mol. The molecule has 0 radical (unpaired) electrons. The molecule has 0 aromatic carbocycles. The van der Waals surface area contributed by atoms with Crippen molar-refractivity contribution in [3.63, 3.8) is 0 Å². The zero-order valence-corrected chi connectivity index (χ0v) is 13.6. The van der Waals surface area contributed by atoms with E-state index in [1.807, 2.05) is 0 Å². The molecule has 0 nitrogen and oxygen atoms in total. The van der Waals surface area contributed by atoms with E-state index in [9.17, 15) is 0 Å². The molecule has 0 saturated heterocycles. The molecule has 0 unspecified atom stereocenters. The molecule has 2 fully saturated rings. The highest BCUT2D eigenvalue weighted by Crippen LogP contribution is 2.55. The van der Waals surface area contributed by atoms with Crippen molar-refractivity contribution in [2.75, 3.05) is 0 Å². The maximum Gasteiger partial charge on any atom is 0.0848 e. The fraction of sp³-hybridized carbons (Fsp3) is 0.684.